The molecule has 1 aliphatic rings. The van der Waals surface area contributed by atoms with Gasteiger partial charge >= 0.3 is 0 Å². The summed E-state index contributed by atoms with van der Waals surface area (Å²) in [6.07, 6.45) is 9.63. The van der Waals surface area contributed by atoms with E-state index in [4.69, 9.17) is 0 Å². The molecule has 1 aliphatic carbocycles. The predicted molar refractivity (Wildman–Crippen MR) is 81.7 cm³/mol. The molecule has 0 aromatic heterocycles. The summed E-state index contributed by atoms with van der Waals surface area (Å²) in [5.74, 6) is 0.696. The fourth-order valence-electron chi connectivity index (χ4n) is 2.99. The molecule has 0 fully saturated rings. The second-order valence-electron chi connectivity index (χ2n) is 5.33. The molecule has 0 heterocycles. The van der Waals surface area contributed by atoms with Crippen molar-refractivity contribution in [2.45, 2.75) is 66.2 Å². The minimum Gasteiger partial charge on any atom is -0.125 e. The fraction of sp³-hybridized carbons (Fsp3) is 0.611. The van der Waals surface area contributed by atoms with Crippen molar-refractivity contribution < 1.29 is 0 Å². The first kappa shape index (κ1) is 15.1. The van der Waals surface area contributed by atoms with Crippen molar-refractivity contribution in [3.63, 3.8) is 0 Å². The fourth-order valence-corrected chi connectivity index (χ4v) is 2.99. The first-order valence-corrected chi connectivity index (χ1v) is 7.49. The Balaban J connectivity index is 3.12. The average molecular weight is 244 g/mol. The maximum absolute atomic E-state index is 3.84. The van der Waals surface area contributed by atoms with Crippen molar-refractivity contribution >= 4 is 0 Å². The van der Waals surface area contributed by atoms with Crippen LogP contribution in [0.5, 0.6) is 0 Å². The Hall–Kier alpha value is -1.00. The van der Waals surface area contributed by atoms with Gasteiger partial charge in [0.05, 0.1) is 0 Å². The molecule has 1 atom stereocenters. The average Bonchev–Trinajstić information content (AvgIpc) is 2.35. The van der Waals surface area contributed by atoms with E-state index in [0.717, 1.165) is 6.42 Å². The topological polar surface area (TPSA) is 0 Å². The molecule has 0 saturated heterocycles. The van der Waals surface area contributed by atoms with Crippen LogP contribution >= 0.6 is 0 Å². The Labute approximate surface area is 113 Å². The van der Waals surface area contributed by atoms with Crippen molar-refractivity contribution in [1.29, 1.82) is 0 Å². The Bertz CT molecular complexity index is 386. The van der Waals surface area contributed by atoms with Gasteiger partial charge < -0.3 is 0 Å². The van der Waals surface area contributed by atoms with E-state index in [1.807, 2.05) is 0 Å². The third-order valence-corrected chi connectivity index (χ3v) is 3.88. The highest BCUT2D eigenvalue weighted by Crippen LogP contribution is 2.37. The zero-order valence-corrected chi connectivity index (χ0v) is 12.6. The van der Waals surface area contributed by atoms with Crippen LogP contribution in [0.4, 0.5) is 0 Å². The summed E-state index contributed by atoms with van der Waals surface area (Å²) in [5, 5.41) is 0. The molecule has 0 bridgehead atoms. The summed E-state index contributed by atoms with van der Waals surface area (Å²) >= 11 is 0. The van der Waals surface area contributed by atoms with E-state index in [0.29, 0.717) is 5.92 Å². The van der Waals surface area contributed by atoms with E-state index in [1.54, 1.807) is 11.1 Å². The minimum absolute atomic E-state index is 0.696. The van der Waals surface area contributed by atoms with Crippen molar-refractivity contribution in [2.24, 2.45) is 5.92 Å². The van der Waals surface area contributed by atoms with Gasteiger partial charge in [0.25, 0.3) is 0 Å². The molecule has 100 valence electrons. The number of allylic oxidation sites excluding steroid dienone is 5. The van der Waals surface area contributed by atoms with Gasteiger partial charge in [0, 0.05) is 0 Å². The lowest BCUT2D eigenvalue weighted by molar-refractivity contribution is 0.607. The quantitative estimate of drug-likeness (QED) is 0.505. The van der Waals surface area contributed by atoms with Crippen LogP contribution in [0.15, 0.2) is 40.7 Å². The molecule has 0 aromatic rings. The summed E-state index contributed by atoms with van der Waals surface area (Å²) in [6, 6.07) is 0. The summed E-state index contributed by atoms with van der Waals surface area (Å²) in [6.45, 7) is 13.0. The highest BCUT2D eigenvalue weighted by atomic mass is 14.2. The molecule has 0 nitrogen and oxygen atoms in total. The van der Waals surface area contributed by atoms with Crippen LogP contribution in [-0.4, -0.2) is 0 Å². The van der Waals surface area contributed by atoms with E-state index >= 15 is 0 Å². The van der Waals surface area contributed by atoms with Gasteiger partial charge in [0.15, 0.2) is 0 Å². The first-order chi connectivity index (χ1) is 8.67. The maximum atomic E-state index is 3.84. The van der Waals surface area contributed by atoms with Gasteiger partial charge in [0.2, 0.25) is 0 Å². The Morgan fingerprint density at radius 2 is 1.94 bits per heavy atom. The van der Waals surface area contributed by atoms with Crippen LogP contribution in [0.3, 0.4) is 0 Å². The molecule has 0 aliphatic heterocycles. The third-order valence-electron chi connectivity index (χ3n) is 3.88. The van der Waals surface area contributed by atoms with Gasteiger partial charge in [-0.25, -0.2) is 0 Å². The molecule has 0 spiro atoms. The van der Waals surface area contributed by atoms with Crippen molar-refractivity contribution in [2.75, 3.05) is 0 Å². The molecular formula is C18H28. The second kappa shape index (κ2) is 7.44. The van der Waals surface area contributed by atoms with Crippen molar-refractivity contribution in [3.05, 3.63) is 40.7 Å². The maximum Gasteiger partial charge on any atom is -0.00370 e. The Kier molecular flexibility index (Phi) is 6.22. The van der Waals surface area contributed by atoms with E-state index in [1.165, 1.54) is 43.3 Å². The molecule has 1 rings (SSSR count). The zero-order chi connectivity index (χ0) is 13.5. The molecule has 0 amide bonds. The van der Waals surface area contributed by atoms with Crippen LogP contribution in [0.2, 0.25) is 0 Å². The van der Waals surface area contributed by atoms with E-state index in [2.05, 4.69) is 46.1 Å². The third kappa shape index (κ3) is 3.50. The van der Waals surface area contributed by atoms with E-state index in [9.17, 15) is 0 Å². The van der Waals surface area contributed by atoms with Gasteiger partial charge in [-0.05, 0) is 48.3 Å². The lowest BCUT2D eigenvalue weighted by Crippen LogP contribution is -2.10. The lowest BCUT2D eigenvalue weighted by Gasteiger charge is -2.27. The van der Waals surface area contributed by atoms with Crippen LogP contribution in [0.1, 0.15) is 66.2 Å². The largest absolute Gasteiger partial charge is 0.125 e. The van der Waals surface area contributed by atoms with Crippen molar-refractivity contribution in [3.8, 4) is 0 Å². The molecular weight excluding hydrogens is 216 g/mol. The summed E-state index contributed by atoms with van der Waals surface area (Å²) in [4.78, 5) is 0. The SMILES string of the molecule is C=C=C(CC)C1=CC(CCC)=C(CCC)C(C)C1. The summed E-state index contributed by atoms with van der Waals surface area (Å²) in [5.41, 5.74) is 9.20. The van der Waals surface area contributed by atoms with Gasteiger partial charge in [-0.2, -0.15) is 0 Å². The zero-order valence-electron chi connectivity index (χ0n) is 12.6. The number of rotatable bonds is 6. The summed E-state index contributed by atoms with van der Waals surface area (Å²) < 4.78 is 0. The standard InChI is InChI=1S/C18H28/c1-6-10-16-13-17(15(8-3)9-4)12-14(5)18(16)11-7-2/h13-14H,3,6-7,9-12H2,1-2,4-5H3. The van der Waals surface area contributed by atoms with Gasteiger partial charge in [0.1, 0.15) is 0 Å². The molecule has 0 aromatic carbocycles. The number of hydrogen-bond donors (Lipinski definition) is 0. The highest BCUT2D eigenvalue weighted by molar-refractivity contribution is 5.43. The van der Waals surface area contributed by atoms with Gasteiger partial charge in [-0.3, -0.25) is 0 Å². The van der Waals surface area contributed by atoms with Crippen LogP contribution < -0.4 is 0 Å². The molecule has 0 heteroatoms. The van der Waals surface area contributed by atoms with E-state index in [-0.39, 0.29) is 0 Å². The van der Waals surface area contributed by atoms with E-state index < -0.39 is 0 Å². The molecule has 18 heavy (non-hydrogen) atoms. The van der Waals surface area contributed by atoms with Crippen LogP contribution in [-0.2, 0) is 0 Å². The second-order valence-corrected chi connectivity index (χ2v) is 5.33. The predicted octanol–water partition coefficient (Wildman–Crippen LogP) is 5.97. The highest BCUT2D eigenvalue weighted by Gasteiger charge is 2.20. The minimum atomic E-state index is 0.696. The monoisotopic (exact) mass is 244 g/mol. The normalized spacial score (nSPS) is 19.6. The first-order valence-electron chi connectivity index (χ1n) is 7.49. The molecule has 0 radical (unpaired) electrons. The van der Waals surface area contributed by atoms with Gasteiger partial charge in [-0.1, -0.05) is 58.8 Å². The Morgan fingerprint density at radius 1 is 1.28 bits per heavy atom. The lowest BCUT2D eigenvalue weighted by atomic mass is 9.78. The van der Waals surface area contributed by atoms with Crippen LogP contribution in [0.25, 0.3) is 0 Å². The smallest absolute Gasteiger partial charge is 0.00370 e. The van der Waals surface area contributed by atoms with Crippen LogP contribution in [0, 0.1) is 5.92 Å². The molecule has 0 N–H and O–H groups in total. The number of hydrogen-bond acceptors (Lipinski definition) is 0. The molecule has 0 saturated carbocycles. The van der Waals surface area contributed by atoms with Crippen molar-refractivity contribution in [1.82, 2.24) is 0 Å². The van der Waals surface area contributed by atoms with Gasteiger partial charge in [-0.15, -0.1) is 5.73 Å². The summed E-state index contributed by atoms with van der Waals surface area (Å²) in [7, 11) is 0. The molecule has 1 unspecified atom stereocenters. The Morgan fingerprint density at radius 3 is 2.44 bits per heavy atom.